The van der Waals surface area contributed by atoms with E-state index < -0.39 is 0 Å². The van der Waals surface area contributed by atoms with Gasteiger partial charge in [0.1, 0.15) is 0 Å². The van der Waals surface area contributed by atoms with Crippen LogP contribution in [0.4, 0.5) is 0 Å². The molecular formula is C10H24N4. The zero-order valence-electron chi connectivity index (χ0n) is 9.66. The first-order valence-corrected chi connectivity index (χ1v) is 5.52. The van der Waals surface area contributed by atoms with Crippen LogP contribution in [-0.2, 0) is 0 Å². The number of hydrogen-bond donors (Lipinski definition) is 2. The second-order valence-corrected chi connectivity index (χ2v) is 4.40. The Morgan fingerprint density at radius 3 is 2.71 bits per heavy atom. The quantitative estimate of drug-likeness (QED) is 0.490. The average molecular weight is 200 g/mol. The van der Waals surface area contributed by atoms with Gasteiger partial charge in [-0.05, 0) is 26.9 Å². The first kappa shape index (κ1) is 11.9. The van der Waals surface area contributed by atoms with Crippen LogP contribution in [0.2, 0.25) is 0 Å². The van der Waals surface area contributed by atoms with Crippen LogP contribution in [0.5, 0.6) is 0 Å². The molecule has 84 valence electrons. The van der Waals surface area contributed by atoms with Gasteiger partial charge < -0.3 is 9.80 Å². The fraction of sp³-hybridized carbons (Fsp3) is 1.00. The van der Waals surface area contributed by atoms with E-state index in [9.17, 15) is 0 Å². The van der Waals surface area contributed by atoms with Crippen LogP contribution in [0.15, 0.2) is 0 Å². The number of piperazine rings is 1. The molecular weight excluding hydrogens is 176 g/mol. The minimum Gasteiger partial charge on any atom is -0.304 e. The van der Waals surface area contributed by atoms with E-state index in [-0.39, 0.29) is 0 Å². The van der Waals surface area contributed by atoms with Gasteiger partial charge in [-0.25, -0.2) is 0 Å². The number of hydrazine groups is 1. The van der Waals surface area contributed by atoms with Crippen LogP contribution in [0.3, 0.4) is 0 Å². The molecule has 1 fully saturated rings. The molecule has 4 nitrogen and oxygen atoms in total. The van der Waals surface area contributed by atoms with Gasteiger partial charge in [0, 0.05) is 31.7 Å². The van der Waals surface area contributed by atoms with E-state index in [2.05, 4.69) is 36.2 Å². The lowest BCUT2D eigenvalue weighted by atomic mass is 10.0. The van der Waals surface area contributed by atoms with Crippen LogP contribution >= 0.6 is 0 Å². The fourth-order valence-corrected chi connectivity index (χ4v) is 2.04. The van der Waals surface area contributed by atoms with Crippen molar-refractivity contribution in [1.29, 1.82) is 0 Å². The van der Waals surface area contributed by atoms with Crippen LogP contribution in [-0.4, -0.2) is 55.6 Å². The lowest BCUT2D eigenvalue weighted by Crippen LogP contribution is -2.52. The first-order chi connectivity index (χ1) is 6.67. The molecule has 0 amide bonds. The highest BCUT2D eigenvalue weighted by atomic mass is 15.3. The summed E-state index contributed by atoms with van der Waals surface area (Å²) >= 11 is 0. The van der Waals surface area contributed by atoms with Crippen molar-refractivity contribution in [2.75, 3.05) is 33.7 Å². The number of likely N-dealkylation sites (N-methyl/N-ethyl adjacent to an activating group) is 2. The molecule has 1 aliphatic heterocycles. The second-order valence-electron chi connectivity index (χ2n) is 4.40. The Bertz CT molecular complexity index is 158. The molecule has 0 aromatic carbocycles. The highest BCUT2D eigenvalue weighted by molar-refractivity contribution is 4.82. The second kappa shape index (κ2) is 5.66. The van der Waals surface area contributed by atoms with E-state index in [0.717, 1.165) is 19.4 Å². The summed E-state index contributed by atoms with van der Waals surface area (Å²) in [5, 5.41) is 0. The molecule has 0 aliphatic carbocycles. The summed E-state index contributed by atoms with van der Waals surface area (Å²) in [4.78, 5) is 4.84. The Morgan fingerprint density at radius 1 is 1.43 bits per heavy atom. The molecule has 4 heteroatoms. The lowest BCUT2D eigenvalue weighted by molar-refractivity contribution is 0.101. The van der Waals surface area contributed by atoms with E-state index in [4.69, 9.17) is 5.84 Å². The zero-order chi connectivity index (χ0) is 10.6. The Hall–Kier alpha value is -0.160. The van der Waals surface area contributed by atoms with Gasteiger partial charge in [-0.2, -0.15) is 0 Å². The summed E-state index contributed by atoms with van der Waals surface area (Å²) in [5.41, 5.74) is 2.89. The van der Waals surface area contributed by atoms with Gasteiger partial charge in [-0.3, -0.25) is 11.3 Å². The van der Waals surface area contributed by atoms with E-state index in [0.29, 0.717) is 12.1 Å². The number of hydrogen-bond acceptors (Lipinski definition) is 4. The van der Waals surface area contributed by atoms with Crippen LogP contribution in [0.1, 0.15) is 19.8 Å². The predicted molar refractivity (Wildman–Crippen MR) is 59.9 cm³/mol. The predicted octanol–water partition coefficient (Wildman–Crippen LogP) is -0.136. The molecule has 0 radical (unpaired) electrons. The maximum Gasteiger partial charge on any atom is 0.0235 e. The summed E-state index contributed by atoms with van der Waals surface area (Å²) in [6.07, 6.45) is 2.25. The van der Waals surface area contributed by atoms with Crippen molar-refractivity contribution in [2.45, 2.75) is 31.8 Å². The SMILES string of the molecule is CCC(CC1CN(C)CCN1C)NN. The largest absolute Gasteiger partial charge is 0.304 e. The van der Waals surface area contributed by atoms with Gasteiger partial charge in [0.15, 0.2) is 0 Å². The van der Waals surface area contributed by atoms with Crippen molar-refractivity contribution < 1.29 is 0 Å². The van der Waals surface area contributed by atoms with Gasteiger partial charge in [-0.1, -0.05) is 6.92 Å². The molecule has 2 unspecified atom stereocenters. The van der Waals surface area contributed by atoms with Crippen molar-refractivity contribution in [3.63, 3.8) is 0 Å². The van der Waals surface area contributed by atoms with Crippen molar-refractivity contribution >= 4 is 0 Å². The van der Waals surface area contributed by atoms with E-state index in [1.807, 2.05) is 0 Å². The number of nitrogens with one attached hydrogen (secondary N) is 1. The molecule has 14 heavy (non-hydrogen) atoms. The molecule has 0 bridgehead atoms. The lowest BCUT2D eigenvalue weighted by Gasteiger charge is -2.39. The minimum atomic E-state index is 0.453. The van der Waals surface area contributed by atoms with Gasteiger partial charge in [-0.15, -0.1) is 0 Å². The summed E-state index contributed by atoms with van der Waals surface area (Å²) in [7, 11) is 4.40. The third-order valence-corrected chi connectivity index (χ3v) is 3.27. The molecule has 0 aromatic rings. The molecule has 3 N–H and O–H groups in total. The molecule has 2 atom stereocenters. The Labute approximate surface area is 87.4 Å². The number of nitrogens with zero attached hydrogens (tertiary/aromatic N) is 2. The Morgan fingerprint density at radius 2 is 2.14 bits per heavy atom. The summed E-state index contributed by atoms with van der Waals surface area (Å²) < 4.78 is 0. The van der Waals surface area contributed by atoms with Gasteiger partial charge in [0.2, 0.25) is 0 Å². The van der Waals surface area contributed by atoms with Crippen molar-refractivity contribution in [3.8, 4) is 0 Å². The maximum atomic E-state index is 5.50. The third kappa shape index (κ3) is 3.20. The normalized spacial score (nSPS) is 27.9. The molecule has 1 saturated heterocycles. The Kier molecular flexibility index (Phi) is 4.81. The first-order valence-electron chi connectivity index (χ1n) is 5.52. The van der Waals surface area contributed by atoms with Crippen molar-refractivity contribution in [3.05, 3.63) is 0 Å². The van der Waals surface area contributed by atoms with Crippen LogP contribution in [0, 0.1) is 0 Å². The van der Waals surface area contributed by atoms with Gasteiger partial charge in [0.05, 0.1) is 0 Å². The van der Waals surface area contributed by atoms with E-state index in [1.54, 1.807) is 0 Å². The average Bonchev–Trinajstić information content (AvgIpc) is 2.19. The third-order valence-electron chi connectivity index (χ3n) is 3.27. The number of rotatable bonds is 4. The summed E-state index contributed by atoms with van der Waals surface area (Å²) in [6, 6.07) is 1.10. The van der Waals surface area contributed by atoms with Crippen LogP contribution < -0.4 is 11.3 Å². The Balaban J connectivity index is 2.40. The summed E-state index contributed by atoms with van der Waals surface area (Å²) in [5.74, 6) is 5.50. The molecule has 0 saturated carbocycles. The smallest absolute Gasteiger partial charge is 0.0235 e. The molecule has 0 aromatic heterocycles. The van der Waals surface area contributed by atoms with Gasteiger partial charge in [0.25, 0.3) is 0 Å². The maximum absolute atomic E-state index is 5.50. The van der Waals surface area contributed by atoms with Crippen molar-refractivity contribution in [2.24, 2.45) is 5.84 Å². The number of nitrogens with two attached hydrogens (primary N) is 1. The monoisotopic (exact) mass is 200 g/mol. The van der Waals surface area contributed by atoms with Gasteiger partial charge >= 0.3 is 0 Å². The standard InChI is InChI=1S/C10H24N4/c1-4-9(12-11)7-10-8-13(2)5-6-14(10)3/h9-10,12H,4-8,11H2,1-3H3. The summed E-state index contributed by atoms with van der Waals surface area (Å²) in [6.45, 7) is 5.69. The highest BCUT2D eigenvalue weighted by Gasteiger charge is 2.24. The minimum absolute atomic E-state index is 0.453. The fourth-order valence-electron chi connectivity index (χ4n) is 2.04. The molecule has 1 aliphatic rings. The van der Waals surface area contributed by atoms with E-state index in [1.165, 1.54) is 13.1 Å². The molecule has 1 rings (SSSR count). The molecule has 1 heterocycles. The highest BCUT2D eigenvalue weighted by Crippen LogP contribution is 2.12. The molecule has 0 spiro atoms. The van der Waals surface area contributed by atoms with Crippen LogP contribution in [0.25, 0.3) is 0 Å². The van der Waals surface area contributed by atoms with Crippen molar-refractivity contribution in [1.82, 2.24) is 15.2 Å². The topological polar surface area (TPSA) is 44.5 Å². The van der Waals surface area contributed by atoms with E-state index >= 15 is 0 Å². The zero-order valence-corrected chi connectivity index (χ0v) is 9.66.